The summed E-state index contributed by atoms with van der Waals surface area (Å²) in [7, 11) is 0. The molecule has 9 nitrogen and oxygen atoms in total. The fourth-order valence-corrected chi connectivity index (χ4v) is 5.35. The summed E-state index contributed by atoms with van der Waals surface area (Å²) >= 11 is 3.65. The number of hydrogen-bond acceptors (Lipinski definition) is 6. The molecule has 0 atom stereocenters. The van der Waals surface area contributed by atoms with Crippen LogP contribution in [0.5, 0.6) is 0 Å². The van der Waals surface area contributed by atoms with E-state index < -0.39 is 23.5 Å². The van der Waals surface area contributed by atoms with Crippen molar-refractivity contribution in [1.82, 2.24) is 30.2 Å². The first kappa shape index (κ1) is 25.6. The lowest BCUT2D eigenvalue weighted by Crippen LogP contribution is -2.17. The molecule has 3 heterocycles. The minimum atomic E-state index is -4.93. The van der Waals surface area contributed by atoms with Gasteiger partial charge in [-0.25, -0.2) is 9.78 Å². The van der Waals surface area contributed by atoms with Crippen LogP contribution in [0.1, 0.15) is 47.3 Å². The molecule has 2 aromatic heterocycles. The number of aromatic carboxylic acids is 1. The molecule has 2 N–H and O–H groups in total. The first-order valence-electron chi connectivity index (χ1n) is 11.6. The number of fused-ring (bicyclic) bond motifs is 1. The molecule has 0 bridgehead atoms. The topological polar surface area (TPSA) is 123 Å². The third kappa shape index (κ3) is 4.46. The fraction of sp³-hybridized carbons (Fsp3) is 0.240. The lowest BCUT2D eigenvalue weighted by Gasteiger charge is -2.15. The summed E-state index contributed by atoms with van der Waals surface area (Å²) in [6.45, 7) is 1.72. The molecule has 1 aliphatic carbocycles. The highest BCUT2D eigenvalue weighted by Gasteiger charge is 2.41. The average molecular weight is 589 g/mol. The van der Waals surface area contributed by atoms with Crippen LogP contribution in [0.2, 0.25) is 0 Å². The number of hydrogen-bond donors (Lipinski definition) is 2. The van der Waals surface area contributed by atoms with Gasteiger partial charge in [-0.15, -0.1) is 10.2 Å². The molecule has 0 saturated heterocycles. The number of rotatable bonds is 8. The second-order valence-electron chi connectivity index (χ2n) is 8.55. The summed E-state index contributed by atoms with van der Waals surface area (Å²) in [6.07, 6.45) is -0.511. The van der Waals surface area contributed by atoms with Gasteiger partial charge in [0.15, 0.2) is 11.4 Å². The van der Waals surface area contributed by atoms with E-state index in [4.69, 9.17) is 4.42 Å². The number of nitrogens with zero attached hydrogens (tertiary/aromatic N) is 5. The minimum absolute atomic E-state index is 0.0556. The fourth-order valence-electron chi connectivity index (χ4n) is 4.59. The molecule has 0 radical (unpaired) electrons. The lowest BCUT2D eigenvalue weighted by atomic mass is 9.97. The molecule has 0 spiro atoms. The molecule has 5 rings (SSSR count). The van der Waals surface area contributed by atoms with E-state index in [0.29, 0.717) is 56.5 Å². The van der Waals surface area contributed by atoms with Crippen LogP contribution in [0, 0.1) is 0 Å². The van der Waals surface area contributed by atoms with Gasteiger partial charge in [-0.3, -0.25) is 0 Å². The van der Waals surface area contributed by atoms with E-state index in [0.717, 1.165) is 4.57 Å². The maximum absolute atomic E-state index is 13.9. The Morgan fingerprint density at radius 1 is 1.16 bits per heavy atom. The molecule has 0 amide bonds. The summed E-state index contributed by atoms with van der Waals surface area (Å²) in [5.74, 6) is -1.32. The van der Waals surface area contributed by atoms with Crippen molar-refractivity contribution in [2.24, 2.45) is 0 Å². The van der Waals surface area contributed by atoms with Crippen LogP contribution < -0.4 is 0 Å². The van der Waals surface area contributed by atoms with Gasteiger partial charge in [0.05, 0.1) is 19.1 Å². The van der Waals surface area contributed by atoms with Gasteiger partial charge in [0.25, 0.3) is 0 Å². The Kier molecular flexibility index (Phi) is 6.78. The Bertz CT molecular complexity index is 1580. The van der Waals surface area contributed by atoms with E-state index in [1.165, 1.54) is 12.5 Å². The molecule has 0 saturated carbocycles. The van der Waals surface area contributed by atoms with Crippen molar-refractivity contribution in [2.45, 2.75) is 38.9 Å². The predicted octanol–water partition coefficient (Wildman–Crippen LogP) is 6.30. The highest BCUT2D eigenvalue weighted by Crippen LogP contribution is 2.48. The number of H-pyrrole nitrogens is 1. The number of imidazole rings is 1. The van der Waals surface area contributed by atoms with Crippen LogP contribution in [0.4, 0.5) is 13.2 Å². The molecule has 1 aliphatic heterocycles. The maximum atomic E-state index is 13.9. The third-order valence-electron chi connectivity index (χ3n) is 6.24. The van der Waals surface area contributed by atoms with Crippen LogP contribution in [-0.2, 0) is 19.1 Å². The normalized spacial score (nSPS) is 11.9. The van der Waals surface area contributed by atoms with E-state index in [1.807, 2.05) is 19.1 Å². The monoisotopic (exact) mass is 588 g/mol. The van der Waals surface area contributed by atoms with E-state index in [1.54, 1.807) is 18.2 Å². The first-order chi connectivity index (χ1) is 18.2. The number of carboxylic acid groups (broad SMARTS) is 1. The number of aromatic amines is 1. The van der Waals surface area contributed by atoms with Gasteiger partial charge in [0, 0.05) is 27.6 Å². The standard InChI is InChI=1S/C25H20BrF3N6O3/c1-2-3-8-18-30-22(25(27,28)29)21(24(36)37)35(18)11-16-13-9-10-38-12-17(13)20(26)19(16)14-6-4-5-7-15(14)23-31-33-34-32-23/h4-7,9-10,12H,2-3,8,11H2,1H3,(H,36,37)(H,31,32,33,34). The zero-order chi connectivity index (χ0) is 27.0. The van der Waals surface area contributed by atoms with Crippen LogP contribution in [-0.4, -0.2) is 41.3 Å². The Balaban J connectivity index is 1.78. The number of benzene rings is 1. The molecule has 3 aromatic rings. The molecular formula is C25H20BrF3N6O3. The first-order valence-corrected chi connectivity index (χ1v) is 12.4. The van der Waals surface area contributed by atoms with Gasteiger partial charge in [0.2, 0.25) is 5.82 Å². The summed E-state index contributed by atoms with van der Waals surface area (Å²) in [4.78, 5) is 16.0. The van der Waals surface area contributed by atoms with Gasteiger partial charge in [-0.2, -0.15) is 18.4 Å². The van der Waals surface area contributed by atoms with Crippen LogP contribution in [0.25, 0.3) is 33.6 Å². The van der Waals surface area contributed by atoms with Crippen molar-refractivity contribution in [3.8, 4) is 33.6 Å². The van der Waals surface area contributed by atoms with E-state index in [-0.39, 0.29) is 18.8 Å². The Hall–Kier alpha value is -4.00. The molecule has 38 heavy (non-hydrogen) atoms. The van der Waals surface area contributed by atoms with Crippen molar-refractivity contribution in [1.29, 1.82) is 0 Å². The Morgan fingerprint density at radius 3 is 2.58 bits per heavy atom. The van der Waals surface area contributed by atoms with Gasteiger partial charge in [-0.05, 0) is 50.3 Å². The summed E-state index contributed by atoms with van der Waals surface area (Å²) in [5.41, 5.74) is 1.58. The molecule has 0 fully saturated rings. The van der Waals surface area contributed by atoms with E-state index in [9.17, 15) is 23.1 Å². The van der Waals surface area contributed by atoms with Crippen LogP contribution >= 0.6 is 15.9 Å². The van der Waals surface area contributed by atoms with Crippen molar-refractivity contribution in [2.75, 3.05) is 0 Å². The SMILES string of the molecule is CCCCc1nc(C(F)(F)F)c(C(=O)O)n1Cc1c2ccocc-2c(Br)c1-c1ccccc1-c1nn[nH]n1. The number of nitrogens with one attached hydrogen (secondary N) is 1. The average Bonchev–Trinajstić information content (AvgIpc) is 3.61. The van der Waals surface area contributed by atoms with E-state index in [2.05, 4.69) is 41.5 Å². The van der Waals surface area contributed by atoms with Gasteiger partial charge in [0.1, 0.15) is 5.82 Å². The van der Waals surface area contributed by atoms with E-state index >= 15 is 0 Å². The number of aryl methyl sites for hydroxylation is 1. The van der Waals surface area contributed by atoms with Crippen molar-refractivity contribution in [3.63, 3.8) is 0 Å². The number of alkyl halides is 3. The quantitative estimate of drug-likeness (QED) is 0.218. The van der Waals surface area contributed by atoms with Crippen molar-refractivity contribution in [3.05, 3.63) is 70.1 Å². The van der Waals surface area contributed by atoms with Crippen molar-refractivity contribution < 1.29 is 27.5 Å². The number of carbonyl (C=O) groups is 1. The smallest absolute Gasteiger partial charge is 0.435 e. The largest absolute Gasteiger partial charge is 0.477 e. The Morgan fingerprint density at radius 2 is 1.92 bits per heavy atom. The predicted molar refractivity (Wildman–Crippen MR) is 134 cm³/mol. The summed E-state index contributed by atoms with van der Waals surface area (Å²) in [6, 6.07) is 8.94. The molecule has 13 heteroatoms. The number of unbranched alkanes of at least 4 members (excludes halogenated alkanes) is 1. The maximum Gasteiger partial charge on any atom is 0.435 e. The minimum Gasteiger partial charge on any atom is -0.477 e. The number of aromatic nitrogens is 6. The molecule has 0 unspecified atom stereocenters. The van der Waals surface area contributed by atoms with Crippen molar-refractivity contribution >= 4 is 21.9 Å². The third-order valence-corrected chi connectivity index (χ3v) is 7.07. The summed E-state index contributed by atoms with van der Waals surface area (Å²) in [5, 5.41) is 24.1. The van der Waals surface area contributed by atoms with Gasteiger partial charge >= 0.3 is 12.1 Å². The molecule has 196 valence electrons. The molecular weight excluding hydrogens is 569 g/mol. The number of tetrazole rings is 1. The highest BCUT2D eigenvalue weighted by atomic mass is 79.9. The van der Waals surface area contributed by atoms with Gasteiger partial charge < -0.3 is 14.1 Å². The zero-order valence-electron chi connectivity index (χ0n) is 19.9. The van der Waals surface area contributed by atoms with Crippen LogP contribution in [0.15, 0.2) is 51.7 Å². The summed E-state index contributed by atoms with van der Waals surface area (Å²) < 4.78 is 48.9. The highest BCUT2D eigenvalue weighted by molar-refractivity contribution is 9.10. The molecule has 2 aliphatic rings. The second kappa shape index (κ2) is 10.0. The van der Waals surface area contributed by atoms with Gasteiger partial charge in [-0.1, -0.05) is 37.6 Å². The lowest BCUT2D eigenvalue weighted by molar-refractivity contribution is -0.141. The van der Waals surface area contributed by atoms with Crippen LogP contribution in [0.3, 0.4) is 0 Å². The second-order valence-corrected chi connectivity index (χ2v) is 9.34. The number of carboxylic acids is 1. The number of halogens is 4. The Labute approximate surface area is 222 Å². The molecule has 1 aromatic carbocycles. The zero-order valence-corrected chi connectivity index (χ0v) is 21.5.